The highest BCUT2D eigenvalue weighted by Crippen LogP contribution is 2.29. The van der Waals surface area contributed by atoms with Gasteiger partial charge in [0, 0.05) is 28.6 Å². The molecule has 0 saturated heterocycles. The number of hydrazone groups is 1. The maximum Gasteiger partial charge on any atom is 0.271 e. The molecule has 0 radical (unpaired) electrons. The number of aromatic nitrogens is 1. The van der Waals surface area contributed by atoms with Crippen molar-refractivity contribution in [2.75, 3.05) is 5.32 Å². The van der Waals surface area contributed by atoms with E-state index in [9.17, 15) is 4.79 Å². The van der Waals surface area contributed by atoms with E-state index >= 15 is 0 Å². The van der Waals surface area contributed by atoms with E-state index in [-0.39, 0.29) is 12.0 Å². The number of rotatable bonds is 6. The molecule has 0 unspecified atom stereocenters. The molecule has 1 aromatic heterocycles. The Bertz CT molecular complexity index is 1300. The first-order valence-corrected chi connectivity index (χ1v) is 11.5. The van der Waals surface area contributed by atoms with E-state index < -0.39 is 0 Å². The van der Waals surface area contributed by atoms with Crippen molar-refractivity contribution < 1.29 is 9.53 Å². The smallest absolute Gasteiger partial charge is 0.271 e. The number of fused-ring (bicyclic) bond motifs is 1. The summed E-state index contributed by atoms with van der Waals surface area (Å²) in [5.74, 6) is 0.660. The minimum absolute atomic E-state index is 0.200. The van der Waals surface area contributed by atoms with E-state index in [1.165, 1.54) is 11.3 Å². The van der Waals surface area contributed by atoms with Crippen molar-refractivity contribution in [3.8, 4) is 17.0 Å². The van der Waals surface area contributed by atoms with E-state index in [0.717, 1.165) is 45.4 Å². The zero-order valence-corrected chi connectivity index (χ0v) is 18.8. The van der Waals surface area contributed by atoms with Crippen LogP contribution in [0.3, 0.4) is 0 Å². The van der Waals surface area contributed by atoms with Gasteiger partial charge in [-0.1, -0.05) is 30.3 Å². The highest BCUT2D eigenvalue weighted by Gasteiger charge is 2.18. The molecule has 1 atom stereocenters. The summed E-state index contributed by atoms with van der Waals surface area (Å²) in [4.78, 5) is 17.1. The van der Waals surface area contributed by atoms with E-state index in [1.807, 2.05) is 73.0 Å². The minimum Gasteiger partial charge on any atom is -0.490 e. The van der Waals surface area contributed by atoms with Gasteiger partial charge in [-0.3, -0.25) is 4.79 Å². The highest BCUT2D eigenvalue weighted by atomic mass is 32.1. The van der Waals surface area contributed by atoms with Crippen LogP contribution in [0.1, 0.15) is 28.4 Å². The molecule has 0 saturated carbocycles. The zero-order chi connectivity index (χ0) is 22.6. The van der Waals surface area contributed by atoms with Gasteiger partial charge in [-0.15, -0.1) is 11.3 Å². The fraction of sp³-hybridized carbons (Fsp3) is 0.115. The molecule has 2 N–H and O–H groups in total. The lowest BCUT2D eigenvalue weighted by atomic mass is 10.1. The number of ether oxygens (including phenoxy) is 1. The third-order valence-electron chi connectivity index (χ3n) is 5.27. The number of carbonyl (C=O) groups is 1. The van der Waals surface area contributed by atoms with Crippen molar-refractivity contribution in [3.63, 3.8) is 0 Å². The molecule has 0 spiro atoms. The first-order valence-electron chi connectivity index (χ1n) is 10.6. The molecule has 1 aliphatic heterocycles. The first-order chi connectivity index (χ1) is 16.1. The fourth-order valence-corrected chi connectivity index (χ4v) is 4.39. The lowest BCUT2D eigenvalue weighted by Gasteiger charge is -2.03. The number of amides is 1. The lowest BCUT2D eigenvalue weighted by molar-refractivity contribution is 0.0955. The third kappa shape index (κ3) is 4.94. The van der Waals surface area contributed by atoms with Gasteiger partial charge >= 0.3 is 0 Å². The molecule has 33 heavy (non-hydrogen) atoms. The van der Waals surface area contributed by atoms with Crippen molar-refractivity contribution >= 4 is 34.3 Å². The van der Waals surface area contributed by atoms with Crippen LogP contribution in [-0.4, -0.2) is 23.2 Å². The van der Waals surface area contributed by atoms with E-state index in [2.05, 4.69) is 20.8 Å². The number of anilines is 2. The van der Waals surface area contributed by atoms with Crippen molar-refractivity contribution in [1.29, 1.82) is 0 Å². The molecule has 0 bridgehead atoms. The summed E-state index contributed by atoms with van der Waals surface area (Å²) in [6.07, 6.45) is 2.73. The van der Waals surface area contributed by atoms with Gasteiger partial charge in [0.15, 0.2) is 5.13 Å². The van der Waals surface area contributed by atoms with Crippen molar-refractivity contribution in [2.45, 2.75) is 19.4 Å². The number of hydrogen-bond donors (Lipinski definition) is 2. The largest absolute Gasteiger partial charge is 0.490 e. The molecular weight excluding hydrogens is 432 g/mol. The first kappa shape index (κ1) is 20.9. The normalized spacial score (nSPS) is 14.6. The molecule has 6 nitrogen and oxygen atoms in total. The van der Waals surface area contributed by atoms with Gasteiger partial charge in [-0.2, -0.15) is 5.10 Å². The topological polar surface area (TPSA) is 75.6 Å². The fourth-order valence-electron chi connectivity index (χ4n) is 3.65. The van der Waals surface area contributed by atoms with Crippen LogP contribution in [-0.2, 0) is 6.42 Å². The molecule has 0 aliphatic carbocycles. The summed E-state index contributed by atoms with van der Waals surface area (Å²) >= 11 is 1.54. The summed E-state index contributed by atoms with van der Waals surface area (Å²) in [5, 5.41) is 10.2. The van der Waals surface area contributed by atoms with Gasteiger partial charge in [-0.25, -0.2) is 10.4 Å². The predicted octanol–water partition coefficient (Wildman–Crippen LogP) is 5.64. The Labute approximate surface area is 196 Å². The van der Waals surface area contributed by atoms with Gasteiger partial charge in [0.1, 0.15) is 11.9 Å². The number of benzene rings is 3. The predicted molar refractivity (Wildman–Crippen MR) is 133 cm³/mol. The van der Waals surface area contributed by atoms with Crippen LogP contribution in [0.15, 0.2) is 83.3 Å². The van der Waals surface area contributed by atoms with Gasteiger partial charge in [0.25, 0.3) is 5.91 Å². The van der Waals surface area contributed by atoms with Crippen LogP contribution >= 0.6 is 11.3 Å². The second-order valence-corrected chi connectivity index (χ2v) is 8.66. The Morgan fingerprint density at radius 2 is 1.94 bits per heavy atom. The molecule has 2 heterocycles. The summed E-state index contributed by atoms with van der Waals surface area (Å²) < 4.78 is 5.71. The SMILES string of the molecule is C[C@H]1Cc2cc(/C=N/NC(=O)c3ccc(-c4csc(Nc5ccccc5)n4)cc3)ccc2O1. The maximum atomic E-state index is 12.5. The summed E-state index contributed by atoms with van der Waals surface area (Å²) in [7, 11) is 0. The van der Waals surface area contributed by atoms with Crippen molar-refractivity contribution in [2.24, 2.45) is 5.10 Å². The van der Waals surface area contributed by atoms with Crippen LogP contribution in [0.5, 0.6) is 5.75 Å². The second-order valence-electron chi connectivity index (χ2n) is 7.81. The second kappa shape index (κ2) is 9.26. The number of thiazole rings is 1. The molecule has 7 heteroatoms. The molecule has 1 amide bonds. The summed E-state index contributed by atoms with van der Waals surface area (Å²) in [5.41, 5.74) is 8.01. The molecule has 1 aliphatic rings. The van der Waals surface area contributed by atoms with Crippen molar-refractivity contribution in [1.82, 2.24) is 10.4 Å². The monoisotopic (exact) mass is 454 g/mol. The lowest BCUT2D eigenvalue weighted by Crippen LogP contribution is -2.17. The summed E-state index contributed by atoms with van der Waals surface area (Å²) in [6, 6.07) is 23.2. The van der Waals surface area contributed by atoms with Crippen LogP contribution in [0.4, 0.5) is 10.8 Å². The van der Waals surface area contributed by atoms with Crippen LogP contribution in [0, 0.1) is 0 Å². The van der Waals surface area contributed by atoms with E-state index in [0.29, 0.717) is 5.56 Å². The highest BCUT2D eigenvalue weighted by molar-refractivity contribution is 7.14. The Morgan fingerprint density at radius 1 is 1.12 bits per heavy atom. The number of hydrogen-bond acceptors (Lipinski definition) is 6. The Kier molecular flexibility index (Phi) is 5.87. The molecule has 3 aromatic carbocycles. The standard InChI is InChI=1S/C26H22N4O2S/c1-17-13-21-14-18(7-12-24(21)32-17)15-27-30-25(31)20-10-8-19(9-11-20)23-16-33-26(29-23)28-22-5-3-2-4-6-22/h2-12,14-17H,13H2,1H3,(H,28,29)(H,30,31)/b27-15+/t17-/m0/s1. The van der Waals surface area contributed by atoms with Gasteiger partial charge < -0.3 is 10.1 Å². The molecule has 5 rings (SSSR count). The number of nitrogens with zero attached hydrogens (tertiary/aromatic N) is 2. The zero-order valence-electron chi connectivity index (χ0n) is 18.0. The molecule has 164 valence electrons. The quantitative estimate of drug-likeness (QED) is 0.292. The Morgan fingerprint density at radius 3 is 2.76 bits per heavy atom. The Balaban J connectivity index is 1.20. The summed E-state index contributed by atoms with van der Waals surface area (Å²) in [6.45, 7) is 2.05. The van der Waals surface area contributed by atoms with Crippen molar-refractivity contribution in [3.05, 3.63) is 94.9 Å². The number of nitrogens with one attached hydrogen (secondary N) is 2. The number of para-hydroxylation sites is 1. The molecule has 0 fully saturated rings. The van der Waals surface area contributed by atoms with Crippen LogP contribution in [0.2, 0.25) is 0 Å². The van der Waals surface area contributed by atoms with E-state index in [1.54, 1.807) is 18.3 Å². The molecular formula is C26H22N4O2S. The average Bonchev–Trinajstić information content (AvgIpc) is 3.45. The van der Waals surface area contributed by atoms with Gasteiger partial charge in [0.05, 0.1) is 11.9 Å². The van der Waals surface area contributed by atoms with Crippen LogP contribution in [0.25, 0.3) is 11.3 Å². The minimum atomic E-state index is -0.263. The van der Waals surface area contributed by atoms with Crippen LogP contribution < -0.4 is 15.5 Å². The van der Waals surface area contributed by atoms with Gasteiger partial charge in [0.2, 0.25) is 0 Å². The average molecular weight is 455 g/mol. The Hall–Kier alpha value is -3.97. The van der Waals surface area contributed by atoms with E-state index in [4.69, 9.17) is 4.74 Å². The number of carbonyl (C=O) groups excluding carboxylic acids is 1. The van der Waals surface area contributed by atoms with Gasteiger partial charge in [-0.05, 0) is 60.5 Å². The molecule has 4 aromatic rings. The maximum absolute atomic E-state index is 12.5. The third-order valence-corrected chi connectivity index (χ3v) is 6.03.